The first-order valence-electron chi connectivity index (χ1n) is 11.0. The van der Waals surface area contributed by atoms with E-state index in [1.54, 1.807) is 17.9 Å². The third kappa shape index (κ3) is 5.63. The molecule has 1 aliphatic rings. The Bertz CT molecular complexity index is 962. The molecule has 3 rings (SSSR count). The Morgan fingerprint density at radius 1 is 0.875 bits per heavy atom. The van der Waals surface area contributed by atoms with Gasteiger partial charge in [-0.15, -0.1) is 0 Å². The normalized spacial score (nSPS) is 15.5. The minimum absolute atomic E-state index is 0.0585. The summed E-state index contributed by atoms with van der Waals surface area (Å²) >= 11 is 0. The summed E-state index contributed by atoms with van der Waals surface area (Å²) in [6.45, 7) is 7.42. The van der Waals surface area contributed by atoms with Gasteiger partial charge in [0.1, 0.15) is 6.04 Å². The number of nitrogens with zero attached hydrogens (tertiary/aromatic N) is 2. The summed E-state index contributed by atoms with van der Waals surface area (Å²) in [6.07, 6.45) is 3.15. The SMILES string of the molecule is CC(NC(=O)C=Cc1ccccc1)C(=O)N1CCN(C(=O)C(C)(C)c2ccccc2)CC1. The van der Waals surface area contributed by atoms with Crippen LogP contribution in [0.1, 0.15) is 31.9 Å². The fourth-order valence-corrected chi connectivity index (χ4v) is 3.84. The van der Waals surface area contributed by atoms with Gasteiger partial charge in [0, 0.05) is 32.3 Å². The number of piperazine rings is 1. The lowest BCUT2D eigenvalue weighted by molar-refractivity contribution is -0.143. The van der Waals surface area contributed by atoms with Crippen LogP contribution in [-0.4, -0.2) is 59.7 Å². The van der Waals surface area contributed by atoms with E-state index in [0.717, 1.165) is 11.1 Å². The number of amides is 3. The third-order valence-electron chi connectivity index (χ3n) is 5.86. The van der Waals surface area contributed by atoms with Crippen molar-refractivity contribution in [1.29, 1.82) is 0 Å². The Labute approximate surface area is 189 Å². The highest BCUT2D eigenvalue weighted by Crippen LogP contribution is 2.26. The van der Waals surface area contributed by atoms with E-state index in [2.05, 4.69) is 5.32 Å². The number of rotatable bonds is 6. The molecule has 1 atom stereocenters. The molecule has 1 N–H and O–H groups in total. The maximum Gasteiger partial charge on any atom is 0.244 e. The molecule has 1 fully saturated rings. The quantitative estimate of drug-likeness (QED) is 0.713. The van der Waals surface area contributed by atoms with Crippen LogP contribution in [-0.2, 0) is 19.8 Å². The summed E-state index contributed by atoms with van der Waals surface area (Å²) in [6, 6.07) is 18.6. The van der Waals surface area contributed by atoms with E-state index < -0.39 is 11.5 Å². The van der Waals surface area contributed by atoms with Crippen molar-refractivity contribution >= 4 is 23.8 Å². The minimum Gasteiger partial charge on any atom is -0.341 e. The highest BCUT2D eigenvalue weighted by atomic mass is 16.2. The molecule has 0 bridgehead atoms. The molecule has 6 heteroatoms. The van der Waals surface area contributed by atoms with E-state index in [4.69, 9.17) is 0 Å². The van der Waals surface area contributed by atoms with Crippen molar-refractivity contribution in [2.24, 2.45) is 0 Å². The van der Waals surface area contributed by atoms with Crippen molar-refractivity contribution in [2.45, 2.75) is 32.2 Å². The third-order valence-corrected chi connectivity index (χ3v) is 5.86. The summed E-state index contributed by atoms with van der Waals surface area (Å²) in [5.41, 5.74) is 1.27. The zero-order valence-corrected chi connectivity index (χ0v) is 19.0. The maximum absolute atomic E-state index is 13.1. The lowest BCUT2D eigenvalue weighted by atomic mass is 9.83. The van der Waals surface area contributed by atoms with Gasteiger partial charge >= 0.3 is 0 Å². The van der Waals surface area contributed by atoms with Crippen LogP contribution in [0, 0.1) is 0 Å². The van der Waals surface area contributed by atoms with Crippen LogP contribution in [0.3, 0.4) is 0 Å². The van der Waals surface area contributed by atoms with E-state index in [1.807, 2.05) is 79.4 Å². The number of carbonyl (C=O) groups is 3. The first-order valence-corrected chi connectivity index (χ1v) is 11.0. The molecule has 2 aromatic rings. The summed E-state index contributed by atoms with van der Waals surface area (Å²) < 4.78 is 0. The van der Waals surface area contributed by atoms with E-state index in [1.165, 1.54) is 6.08 Å². The van der Waals surface area contributed by atoms with Gasteiger partial charge in [-0.3, -0.25) is 14.4 Å². The van der Waals surface area contributed by atoms with Crippen molar-refractivity contribution in [3.8, 4) is 0 Å². The summed E-state index contributed by atoms with van der Waals surface area (Å²) in [5, 5.41) is 2.73. The molecule has 168 valence electrons. The molecule has 1 heterocycles. The first-order chi connectivity index (χ1) is 15.3. The molecule has 0 saturated carbocycles. The van der Waals surface area contributed by atoms with Crippen LogP contribution < -0.4 is 5.32 Å². The topological polar surface area (TPSA) is 69.7 Å². The Kier molecular flexibility index (Phi) is 7.46. The largest absolute Gasteiger partial charge is 0.341 e. The van der Waals surface area contributed by atoms with Crippen molar-refractivity contribution in [1.82, 2.24) is 15.1 Å². The molecule has 0 radical (unpaired) electrons. The van der Waals surface area contributed by atoms with Crippen LogP contribution >= 0.6 is 0 Å². The zero-order valence-electron chi connectivity index (χ0n) is 19.0. The highest BCUT2D eigenvalue weighted by Gasteiger charge is 2.36. The van der Waals surface area contributed by atoms with E-state index in [9.17, 15) is 14.4 Å². The van der Waals surface area contributed by atoms with Gasteiger partial charge in [0.2, 0.25) is 17.7 Å². The molecular formula is C26H31N3O3. The van der Waals surface area contributed by atoms with Gasteiger partial charge in [-0.25, -0.2) is 0 Å². The summed E-state index contributed by atoms with van der Waals surface area (Å²) in [7, 11) is 0. The number of benzene rings is 2. The molecular weight excluding hydrogens is 402 g/mol. The molecule has 1 saturated heterocycles. The van der Waals surface area contributed by atoms with Crippen LogP contribution in [0.4, 0.5) is 0 Å². The van der Waals surface area contributed by atoms with Crippen LogP contribution in [0.25, 0.3) is 6.08 Å². The predicted octanol–water partition coefficient (Wildman–Crippen LogP) is 2.85. The molecule has 6 nitrogen and oxygen atoms in total. The van der Waals surface area contributed by atoms with Gasteiger partial charge in [0.15, 0.2) is 0 Å². The van der Waals surface area contributed by atoms with Crippen molar-refractivity contribution < 1.29 is 14.4 Å². The van der Waals surface area contributed by atoms with Crippen molar-refractivity contribution in [2.75, 3.05) is 26.2 Å². The van der Waals surface area contributed by atoms with Gasteiger partial charge in [-0.2, -0.15) is 0 Å². The van der Waals surface area contributed by atoms with Crippen molar-refractivity contribution in [3.63, 3.8) is 0 Å². The number of hydrogen-bond donors (Lipinski definition) is 1. The molecule has 1 aliphatic heterocycles. The monoisotopic (exact) mass is 433 g/mol. The number of hydrogen-bond acceptors (Lipinski definition) is 3. The van der Waals surface area contributed by atoms with Crippen molar-refractivity contribution in [3.05, 3.63) is 77.9 Å². The fourth-order valence-electron chi connectivity index (χ4n) is 3.84. The maximum atomic E-state index is 13.1. The standard InChI is InChI=1S/C26H31N3O3/c1-20(27-23(30)15-14-21-10-6-4-7-11-21)24(31)28-16-18-29(19-17-28)25(32)26(2,3)22-12-8-5-9-13-22/h4-15,20H,16-19H2,1-3H3,(H,27,30). The van der Waals surface area contributed by atoms with E-state index >= 15 is 0 Å². The van der Waals surface area contributed by atoms with Gasteiger partial charge in [-0.05, 0) is 38.0 Å². The summed E-state index contributed by atoms with van der Waals surface area (Å²) in [5.74, 6) is -0.391. The second-order valence-electron chi connectivity index (χ2n) is 8.58. The molecule has 1 unspecified atom stereocenters. The first kappa shape index (κ1) is 23.3. The lowest BCUT2D eigenvalue weighted by Crippen LogP contribution is -2.57. The lowest BCUT2D eigenvalue weighted by Gasteiger charge is -2.39. The highest BCUT2D eigenvalue weighted by molar-refractivity contribution is 5.95. The summed E-state index contributed by atoms with van der Waals surface area (Å²) in [4.78, 5) is 41.6. The average molecular weight is 434 g/mol. The Hall–Kier alpha value is -3.41. The Morgan fingerprint density at radius 2 is 1.41 bits per heavy atom. The second-order valence-corrected chi connectivity index (χ2v) is 8.58. The van der Waals surface area contributed by atoms with E-state index in [-0.39, 0.29) is 17.7 Å². The zero-order chi connectivity index (χ0) is 23.1. The van der Waals surface area contributed by atoms with Gasteiger partial charge in [0.25, 0.3) is 0 Å². The molecule has 2 aromatic carbocycles. The van der Waals surface area contributed by atoms with E-state index in [0.29, 0.717) is 26.2 Å². The predicted molar refractivity (Wildman–Crippen MR) is 126 cm³/mol. The molecule has 0 aromatic heterocycles. The molecule has 0 aliphatic carbocycles. The fraction of sp³-hybridized carbons (Fsp3) is 0.346. The van der Waals surface area contributed by atoms with Gasteiger partial charge in [-0.1, -0.05) is 60.7 Å². The Morgan fingerprint density at radius 3 is 2.00 bits per heavy atom. The van der Waals surface area contributed by atoms with Gasteiger partial charge < -0.3 is 15.1 Å². The van der Waals surface area contributed by atoms with Gasteiger partial charge in [0.05, 0.1) is 5.41 Å². The molecule has 0 spiro atoms. The molecule has 3 amide bonds. The van der Waals surface area contributed by atoms with Crippen LogP contribution in [0.15, 0.2) is 66.7 Å². The number of nitrogens with one attached hydrogen (secondary N) is 1. The van der Waals surface area contributed by atoms with Crippen LogP contribution in [0.2, 0.25) is 0 Å². The second kappa shape index (κ2) is 10.3. The minimum atomic E-state index is -0.633. The Balaban J connectivity index is 1.51. The average Bonchev–Trinajstić information content (AvgIpc) is 2.83. The van der Waals surface area contributed by atoms with Crippen LogP contribution in [0.5, 0.6) is 0 Å². The number of carbonyl (C=O) groups excluding carboxylic acids is 3. The smallest absolute Gasteiger partial charge is 0.244 e. The molecule has 32 heavy (non-hydrogen) atoms.